The van der Waals surface area contributed by atoms with E-state index in [-0.39, 0.29) is 17.2 Å². The summed E-state index contributed by atoms with van der Waals surface area (Å²) in [6.07, 6.45) is 1.58. The predicted octanol–water partition coefficient (Wildman–Crippen LogP) is 0.383. The number of carboxylic acids is 1. The number of carboxylic acid groups (broad SMARTS) is 1. The molecule has 0 aromatic carbocycles. The number of aryl methyl sites for hydroxylation is 1. The van der Waals surface area contributed by atoms with Crippen molar-refractivity contribution in [3.8, 4) is 0 Å². The summed E-state index contributed by atoms with van der Waals surface area (Å²) in [6.45, 7) is 2.86. The Morgan fingerprint density at radius 1 is 1.53 bits per heavy atom. The van der Waals surface area contributed by atoms with Crippen LogP contribution in [0.3, 0.4) is 0 Å². The molecule has 2 rings (SSSR count). The molecule has 1 amide bonds. The third-order valence-electron chi connectivity index (χ3n) is 2.36. The highest BCUT2D eigenvalue weighted by molar-refractivity contribution is 7.11. The predicted molar refractivity (Wildman–Crippen MR) is 65.9 cm³/mol. The van der Waals surface area contributed by atoms with Crippen molar-refractivity contribution < 1.29 is 14.7 Å². The van der Waals surface area contributed by atoms with Gasteiger partial charge >= 0.3 is 5.97 Å². The molecule has 0 fully saturated rings. The summed E-state index contributed by atoms with van der Waals surface area (Å²) in [7, 11) is 0. The highest BCUT2D eigenvalue weighted by Crippen LogP contribution is 2.09. The first kappa shape index (κ1) is 13.1. The number of aromatic carboxylic acids is 1. The summed E-state index contributed by atoms with van der Waals surface area (Å²) in [5.74, 6) is -0.949. The van der Waals surface area contributed by atoms with Crippen LogP contribution in [0.15, 0.2) is 11.7 Å². The topological polar surface area (TPSA) is 110 Å². The lowest BCUT2D eigenvalue weighted by molar-refractivity contribution is 0.0691. The van der Waals surface area contributed by atoms with Gasteiger partial charge in [0.25, 0.3) is 5.91 Å². The Bertz CT molecular complexity index is 606. The van der Waals surface area contributed by atoms with Crippen molar-refractivity contribution in [2.45, 2.75) is 20.0 Å². The summed E-state index contributed by atoms with van der Waals surface area (Å²) in [5.41, 5.74) is -0.133. The zero-order chi connectivity index (χ0) is 13.8. The molecule has 9 heteroatoms. The van der Waals surface area contributed by atoms with Gasteiger partial charge in [0.1, 0.15) is 6.33 Å². The van der Waals surface area contributed by atoms with E-state index in [1.54, 1.807) is 10.9 Å². The quantitative estimate of drug-likeness (QED) is 0.820. The van der Waals surface area contributed by atoms with Crippen molar-refractivity contribution in [2.24, 2.45) is 0 Å². The number of hydrogen-bond acceptors (Lipinski definition) is 6. The van der Waals surface area contributed by atoms with Crippen LogP contribution in [0, 0.1) is 0 Å². The van der Waals surface area contributed by atoms with E-state index in [4.69, 9.17) is 5.11 Å². The molecule has 0 atom stereocenters. The van der Waals surface area contributed by atoms with Crippen molar-refractivity contribution >= 4 is 23.2 Å². The van der Waals surface area contributed by atoms with Crippen molar-refractivity contribution in [1.29, 1.82) is 0 Å². The van der Waals surface area contributed by atoms with E-state index in [2.05, 4.69) is 20.5 Å². The molecule has 8 nitrogen and oxygen atoms in total. The molecule has 0 aliphatic carbocycles. The number of aromatic nitrogens is 4. The highest BCUT2D eigenvalue weighted by atomic mass is 32.1. The smallest absolute Gasteiger partial charge is 0.355 e. The molecule has 0 aliphatic heterocycles. The van der Waals surface area contributed by atoms with Crippen LogP contribution in [0.2, 0.25) is 0 Å². The average molecular weight is 281 g/mol. The zero-order valence-electron chi connectivity index (χ0n) is 10.0. The molecular weight excluding hydrogens is 270 g/mol. The summed E-state index contributed by atoms with van der Waals surface area (Å²) < 4.78 is 1.80. The highest BCUT2D eigenvalue weighted by Gasteiger charge is 2.15. The minimum atomic E-state index is -1.15. The van der Waals surface area contributed by atoms with E-state index in [0.717, 1.165) is 11.3 Å². The lowest BCUT2D eigenvalue weighted by atomic mass is 10.5. The Morgan fingerprint density at radius 2 is 2.32 bits per heavy atom. The maximum Gasteiger partial charge on any atom is 0.355 e. The summed E-state index contributed by atoms with van der Waals surface area (Å²) >= 11 is 0.986. The molecule has 100 valence electrons. The first-order valence-electron chi connectivity index (χ1n) is 5.45. The number of carbonyl (C=O) groups is 2. The van der Waals surface area contributed by atoms with Crippen LogP contribution in [0.5, 0.6) is 0 Å². The van der Waals surface area contributed by atoms with Gasteiger partial charge in [0.05, 0.1) is 6.54 Å². The van der Waals surface area contributed by atoms with Crippen molar-refractivity contribution in [2.75, 3.05) is 0 Å². The number of thiazole rings is 1. The molecule has 0 saturated heterocycles. The molecule has 0 spiro atoms. The maximum absolute atomic E-state index is 11.8. The minimum absolute atomic E-state index is 0.111. The Morgan fingerprint density at radius 3 is 2.95 bits per heavy atom. The normalized spacial score (nSPS) is 10.4. The van der Waals surface area contributed by atoms with Gasteiger partial charge in [0.15, 0.2) is 16.5 Å². The van der Waals surface area contributed by atoms with Gasteiger partial charge in [-0.05, 0) is 6.92 Å². The molecule has 0 unspecified atom stereocenters. The fraction of sp³-hybridized carbons (Fsp3) is 0.300. The van der Waals surface area contributed by atoms with Crippen LogP contribution in [-0.2, 0) is 13.1 Å². The van der Waals surface area contributed by atoms with Gasteiger partial charge in [-0.3, -0.25) is 4.79 Å². The lowest BCUT2D eigenvalue weighted by Crippen LogP contribution is -2.24. The van der Waals surface area contributed by atoms with E-state index < -0.39 is 11.9 Å². The van der Waals surface area contributed by atoms with Gasteiger partial charge in [-0.1, -0.05) is 0 Å². The van der Waals surface area contributed by atoms with Gasteiger partial charge in [-0.25, -0.2) is 9.78 Å². The van der Waals surface area contributed by atoms with E-state index in [1.165, 1.54) is 5.38 Å². The Kier molecular flexibility index (Phi) is 3.85. The second-order valence-corrected chi connectivity index (χ2v) is 4.42. The second-order valence-electron chi connectivity index (χ2n) is 3.56. The van der Waals surface area contributed by atoms with Gasteiger partial charge in [-0.2, -0.15) is 0 Å². The third kappa shape index (κ3) is 2.94. The minimum Gasteiger partial charge on any atom is -0.476 e. The van der Waals surface area contributed by atoms with Crippen LogP contribution in [0.1, 0.15) is 33.0 Å². The molecule has 0 radical (unpaired) electrons. The Hall–Kier alpha value is -2.29. The maximum atomic E-state index is 11.8. The number of nitrogens with one attached hydrogen (secondary N) is 1. The average Bonchev–Trinajstić information content (AvgIpc) is 3.04. The van der Waals surface area contributed by atoms with Crippen LogP contribution < -0.4 is 5.32 Å². The first-order valence-corrected chi connectivity index (χ1v) is 6.33. The summed E-state index contributed by atoms with van der Waals surface area (Å²) in [5, 5.41) is 20.4. The summed E-state index contributed by atoms with van der Waals surface area (Å²) in [6, 6.07) is 0. The Labute approximate surface area is 112 Å². The van der Waals surface area contributed by atoms with E-state index >= 15 is 0 Å². The van der Waals surface area contributed by atoms with Gasteiger partial charge in [-0.15, -0.1) is 21.5 Å². The standard InChI is InChI=1S/C10H11N5O3S/c1-2-15-5-12-14-7(15)3-11-8(16)9-13-6(4-19-9)10(17)18/h4-5H,2-3H2,1H3,(H,11,16)(H,17,18). The van der Waals surface area contributed by atoms with Gasteiger partial charge < -0.3 is 15.0 Å². The second kappa shape index (κ2) is 5.57. The molecular formula is C10H11N5O3S. The Balaban J connectivity index is 1.99. The fourth-order valence-electron chi connectivity index (χ4n) is 1.39. The summed E-state index contributed by atoms with van der Waals surface area (Å²) in [4.78, 5) is 26.1. The number of rotatable bonds is 5. The van der Waals surface area contributed by atoms with Crippen molar-refractivity contribution in [3.63, 3.8) is 0 Å². The molecule has 2 aromatic heterocycles. The third-order valence-corrected chi connectivity index (χ3v) is 3.20. The lowest BCUT2D eigenvalue weighted by Gasteiger charge is -2.03. The number of hydrogen-bond donors (Lipinski definition) is 2. The van der Waals surface area contributed by atoms with Gasteiger partial charge in [0, 0.05) is 11.9 Å². The van der Waals surface area contributed by atoms with Crippen molar-refractivity contribution in [3.05, 3.63) is 28.2 Å². The fourth-order valence-corrected chi connectivity index (χ4v) is 2.10. The SMILES string of the molecule is CCn1cnnc1CNC(=O)c1nc(C(=O)O)cs1. The van der Waals surface area contributed by atoms with E-state index in [0.29, 0.717) is 12.4 Å². The van der Waals surface area contributed by atoms with E-state index in [1.807, 2.05) is 6.92 Å². The molecule has 0 saturated carbocycles. The van der Waals surface area contributed by atoms with Crippen LogP contribution in [0.25, 0.3) is 0 Å². The number of carbonyl (C=O) groups excluding carboxylic acids is 1. The molecule has 2 aromatic rings. The number of nitrogens with zero attached hydrogens (tertiary/aromatic N) is 4. The molecule has 2 heterocycles. The molecule has 2 N–H and O–H groups in total. The monoisotopic (exact) mass is 281 g/mol. The molecule has 0 aliphatic rings. The van der Waals surface area contributed by atoms with Gasteiger partial charge in [0.2, 0.25) is 0 Å². The number of amides is 1. The zero-order valence-corrected chi connectivity index (χ0v) is 10.8. The molecule has 0 bridgehead atoms. The largest absolute Gasteiger partial charge is 0.476 e. The van der Waals surface area contributed by atoms with Crippen LogP contribution in [-0.4, -0.2) is 36.7 Å². The molecule has 19 heavy (non-hydrogen) atoms. The van der Waals surface area contributed by atoms with E-state index in [9.17, 15) is 9.59 Å². The van der Waals surface area contributed by atoms with Crippen LogP contribution in [0.4, 0.5) is 0 Å². The first-order chi connectivity index (χ1) is 9.11. The van der Waals surface area contributed by atoms with Crippen molar-refractivity contribution in [1.82, 2.24) is 25.1 Å². The van der Waals surface area contributed by atoms with Crippen LogP contribution >= 0.6 is 11.3 Å².